The molecule has 0 saturated heterocycles. The van der Waals surface area contributed by atoms with Crippen LogP contribution in [-0.4, -0.2) is 5.54 Å². The number of hydrogen-bond donors (Lipinski definition) is 1. The van der Waals surface area contributed by atoms with Gasteiger partial charge >= 0.3 is 0 Å². The van der Waals surface area contributed by atoms with Gasteiger partial charge in [0, 0.05) is 10.0 Å². The number of nitrogens with two attached hydrogens (primary N) is 1. The zero-order chi connectivity index (χ0) is 11.1. The number of hydrogen-bond acceptors (Lipinski definition) is 1. The fraction of sp³-hybridized carbons (Fsp3) is 0.538. The second-order valence-corrected chi connectivity index (χ2v) is 6.26. The lowest BCUT2D eigenvalue weighted by Crippen LogP contribution is -2.28. The van der Waals surface area contributed by atoms with Gasteiger partial charge in [-0.2, -0.15) is 0 Å². The Morgan fingerprint density at radius 1 is 1.40 bits per heavy atom. The van der Waals surface area contributed by atoms with Crippen LogP contribution >= 0.6 is 15.9 Å². The molecule has 82 valence electrons. The SMILES string of the molecule is CC1(C)CC1(N)CCc1cccc(Br)c1. The molecule has 1 nitrogen and oxygen atoms in total. The van der Waals surface area contributed by atoms with E-state index in [2.05, 4.69) is 54.0 Å². The van der Waals surface area contributed by atoms with E-state index in [4.69, 9.17) is 5.73 Å². The van der Waals surface area contributed by atoms with Crippen LogP contribution < -0.4 is 5.73 Å². The fourth-order valence-corrected chi connectivity index (χ4v) is 2.68. The highest BCUT2D eigenvalue weighted by atomic mass is 79.9. The molecule has 2 rings (SSSR count). The van der Waals surface area contributed by atoms with Crippen molar-refractivity contribution in [2.45, 2.75) is 38.6 Å². The second-order valence-electron chi connectivity index (χ2n) is 5.35. The topological polar surface area (TPSA) is 26.0 Å². The van der Waals surface area contributed by atoms with Gasteiger partial charge in [-0.05, 0) is 42.4 Å². The maximum absolute atomic E-state index is 6.30. The Morgan fingerprint density at radius 2 is 2.07 bits per heavy atom. The summed E-state index contributed by atoms with van der Waals surface area (Å²) >= 11 is 3.49. The molecule has 1 aromatic carbocycles. The van der Waals surface area contributed by atoms with Crippen LogP contribution in [0.4, 0.5) is 0 Å². The summed E-state index contributed by atoms with van der Waals surface area (Å²) in [5.41, 5.74) is 8.10. The first kappa shape index (κ1) is 11.2. The summed E-state index contributed by atoms with van der Waals surface area (Å²) in [5.74, 6) is 0. The molecule has 0 amide bonds. The number of rotatable bonds is 3. The Kier molecular flexibility index (Phi) is 2.68. The average Bonchev–Trinajstić information content (AvgIpc) is 2.64. The Labute approximate surface area is 100 Å². The molecule has 1 aliphatic rings. The van der Waals surface area contributed by atoms with Gasteiger partial charge in [-0.25, -0.2) is 0 Å². The maximum Gasteiger partial charge on any atom is 0.0215 e. The van der Waals surface area contributed by atoms with E-state index < -0.39 is 0 Å². The first-order valence-corrected chi connectivity index (χ1v) is 6.26. The third-order valence-electron chi connectivity index (χ3n) is 3.73. The molecule has 1 atom stereocenters. The van der Waals surface area contributed by atoms with Crippen molar-refractivity contribution in [1.29, 1.82) is 0 Å². The van der Waals surface area contributed by atoms with Crippen LogP contribution in [0.1, 0.15) is 32.3 Å². The minimum absolute atomic E-state index is 0.0787. The molecule has 0 aromatic heterocycles. The van der Waals surface area contributed by atoms with E-state index in [9.17, 15) is 0 Å². The van der Waals surface area contributed by atoms with Crippen LogP contribution in [0.15, 0.2) is 28.7 Å². The molecular formula is C13H18BrN. The van der Waals surface area contributed by atoms with Crippen molar-refractivity contribution in [1.82, 2.24) is 0 Å². The minimum atomic E-state index is 0.0787. The molecule has 0 aliphatic heterocycles. The van der Waals surface area contributed by atoms with E-state index in [1.807, 2.05) is 0 Å². The highest BCUT2D eigenvalue weighted by Gasteiger charge is 2.57. The Balaban J connectivity index is 1.95. The first-order valence-electron chi connectivity index (χ1n) is 5.46. The van der Waals surface area contributed by atoms with Crippen molar-refractivity contribution in [3.05, 3.63) is 34.3 Å². The van der Waals surface area contributed by atoms with Crippen molar-refractivity contribution >= 4 is 15.9 Å². The summed E-state index contributed by atoms with van der Waals surface area (Å²) in [7, 11) is 0. The van der Waals surface area contributed by atoms with Gasteiger partial charge < -0.3 is 5.73 Å². The van der Waals surface area contributed by atoms with Crippen molar-refractivity contribution in [2.75, 3.05) is 0 Å². The maximum atomic E-state index is 6.30. The molecule has 1 aliphatic carbocycles. The van der Waals surface area contributed by atoms with Crippen molar-refractivity contribution in [2.24, 2.45) is 11.1 Å². The summed E-state index contributed by atoms with van der Waals surface area (Å²) < 4.78 is 1.15. The molecule has 1 aromatic rings. The Morgan fingerprint density at radius 3 is 2.60 bits per heavy atom. The number of halogens is 1. The third-order valence-corrected chi connectivity index (χ3v) is 4.22. The largest absolute Gasteiger partial charge is 0.325 e. The standard InChI is InChI=1S/C13H18BrN/c1-12(2)9-13(12,15)7-6-10-4-3-5-11(14)8-10/h3-5,8H,6-7,9,15H2,1-2H3. The lowest BCUT2D eigenvalue weighted by atomic mass is 9.98. The van der Waals surface area contributed by atoms with E-state index in [0.29, 0.717) is 5.41 Å². The molecule has 0 radical (unpaired) electrons. The Hall–Kier alpha value is -0.340. The van der Waals surface area contributed by atoms with E-state index in [1.165, 1.54) is 5.56 Å². The van der Waals surface area contributed by atoms with Crippen LogP contribution in [0.25, 0.3) is 0 Å². The predicted molar refractivity (Wildman–Crippen MR) is 67.8 cm³/mol. The highest BCUT2D eigenvalue weighted by Crippen LogP contribution is 2.55. The van der Waals surface area contributed by atoms with Gasteiger partial charge in [-0.1, -0.05) is 41.9 Å². The molecule has 1 unspecified atom stereocenters. The molecule has 2 heteroatoms. The summed E-state index contributed by atoms with van der Waals surface area (Å²) in [6, 6.07) is 8.49. The highest BCUT2D eigenvalue weighted by molar-refractivity contribution is 9.10. The van der Waals surface area contributed by atoms with Crippen LogP contribution in [0, 0.1) is 5.41 Å². The second kappa shape index (κ2) is 3.60. The van der Waals surface area contributed by atoms with Gasteiger partial charge in [0.1, 0.15) is 0 Å². The zero-order valence-electron chi connectivity index (χ0n) is 9.39. The smallest absolute Gasteiger partial charge is 0.0215 e. The van der Waals surface area contributed by atoms with Crippen molar-refractivity contribution in [3.63, 3.8) is 0 Å². The predicted octanol–water partition coefficient (Wildman–Crippen LogP) is 3.51. The monoisotopic (exact) mass is 267 g/mol. The van der Waals surface area contributed by atoms with Gasteiger partial charge in [-0.3, -0.25) is 0 Å². The normalized spacial score (nSPS) is 27.7. The average molecular weight is 268 g/mol. The van der Waals surface area contributed by atoms with Gasteiger partial charge in [-0.15, -0.1) is 0 Å². The van der Waals surface area contributed by atoms with Crippen LogP contribution in [0.5, 0.6) is 0 Å². The lowest BCUT2D eigenvalue weighted by molar-refractivity contribution is 0.464. The third kappa shape index (κ3) is 2.26. The van der Waals surface area contributed by atoms with Gasteiger partial charge in [0.25, 0.3) is 0 Å². The van der Waals surface area contributed by atoms with Crippen molar-refractivity contribution < 1.29 is 0 Å². The van der Waals surface area contributed by atoms with Crippen LogP contribution in [-0.2, 0) is 6.42 Å². The summed E-state index contributed by atoms with van der Waals surface area (Å²) in [4.78, 5) is 0. The van der Waals surface area contributed by atoms with Gasteiger partial charge in [0.15, 0.2) is 0 Å². The molecular weight excluding hydrogens is 250 g/mol. The molecule has 2 N–H and O–H groups in total. The lowest BCUT2D eigenvalue weighted by Gasteiger charge is -2.14. The van der Waals surface area contributed by atoms with E-state index in [-0.39, 0.29) is 5.54 Å². The quantitative estimate of drug-likeness (QED) is 0.892. The first-order chi connectivity index (χ1) is 6.93. The summed E-state index contributed by atoms with van der Waals surface area (Å²) in [5, 5.41) is 0. The molecule has 15 heavy (non-hydrogen) atoms. The van der Waals surface area contributed by atoms with Crippen LogP contribution in [0.2, 0.25) is 0 Å². The van der Waals surface area contributed by atoms with E-state index in [0.717, 1.165) is 23.7 Å². The van der Waals surface area contributed by atoms with Crippen LogP contribution in [0.3, 0.4) is 0 Å². The summed E-state index contributed by atoms with van der Waals surface area (Å²) in [6.45, 7) is 4.52. The van der Waals surface area contributed by atoms with Gasteiger partial charge in [0.2, 0.25) is 0 Å². The molecule has 0 heterocycles. The fourth-order valence-electron chi connectivity index (χ4n) is 2.23. The number of aryl methyl sites for hydroxylation is 1. The van der Waals surface area contributed by atoms with Crippen molar-refractivity contribution in [3.8, 4) is 0 Å². The molecule has 1 saturated carbocycles. The molecule has 1 fully saturated rings. The molecule has 0 bridgehead atoms. The number of benzene rings is 1. The van der Waals surface area contributed by atoms with E-state index in [1.54, 1.807) is 0 Å². The van der Waals surface area contributed by atoms with E-state index >= 15 is 0 Å². The zero-order valence-corrected chi connectivity index (χ0v) is 11.0. The molecule has 0 spiro atoms. The minimum Gasteiger partial charge on any atom is -0.325 e. The van der Waals surface area contributed by atoms with Gasteiger partial charge in [0.05, 0.1) is 0 Å². The Bertz CT molecular complexity index is 373. The summed E-state index contributed by atoms with van der Waals surface area (Å²) in [6.07, 6.45) is 3.34.